The monoisotopic (exact) mass is 309 g/mol. The number of hydrogen-bond acceptors (Lipinski definition) is 1. The van der Waals surface area contributed by atoms with Crippen LogP contribution in [0, 0.1) is 11.8 Å². The van der Waals surface area contributed by atoms with E-state index in [1.165, 1.54) is 22.9 Å². The van der Waals surface area contributed by atoms with Crippen LogP contribution in [0.5, 0.6) is 0 Å². The summed E-state index contributed by atoms with van der Waals surface area (Å²) in [6.45, 7) is 8.10. The van der Waals surface area contributed by atoms with E-state index in [4.69, 9.17) is 0 Å². The van der Waals surface area contributed by atoms with E-state index < -0.39 is 0 Å². The Morgan fingerprint density at radius 1 is 1.28 bits per heavy atom. The van der Waals surface area contributed by atoms with Gasteiger partial charge in [-0.15, -0.1) is 0 Å². The van der Waals surface area contributed by atoms with Gasteiger partial charge in [0, 0.05) is 10.5 Å². The molecule has 0 radical (unpaired) electrons. The van der Waals surface area contributed by atoms with E-state index in [0.29, 0.717) is 0 Å². The molecule has 0 bridgehead atoms. The first-order chi connectivity index (χ1) is 8.56. The Morgan fingerprint density at radius 3 is 2.61 bits per heavy atom. The third-order valence-corrected chi connectivity index (χ3v) is 4.82. The van der Waals surface area contributed by atoms with Crippen molar-refractivity contribution in [3.8, 4) is 0 Å². The summed E-state index contributed by atoms with van der Waals surface area (Å²) in [7, 11) is 0. The van der Waals surface area contributed by atoms with Crippen LogP contribution >= 0.6 is 15.9 Å². The molecule has 0 heterocycles. The maximum absolute atomic E-state index is 3.70. The molecule has 0 aliphatic heterocycles. The van der Waals surface area contributed by atoms with E-state index in [2.05, 4.69) is 66.3 Å². The molecule has 1 fully saturated rings. The minimum atomic E-state index is 0.732. The van der Waals surface area contributed by atoms with Gasteiger partial charge in [-0.2, -0.15) is 0 Å². The van der Waals surface area contributed by atoms with E-state index in [1.807, 2.05) is 0 Å². The SMILES string of the molecule is CC(C)C(C)CNC1CC(c2cccc(Br)c2)C1. The van der Waals surface area contributed by atoms with Crippen molar-refractivity contribution < 1.29 is 0 Å². The van der Waals surface area contributed by atoms with Crippen molar-refractivity contribution in [1.29, 1.82) is 0 Å². The molecule has 2 heteroatoms. The standard InChI is InChI=1S/C16H24BrN/c1-11(2)12(3)10-18-16-8-14(9-16)13-5-4-6-15(17)7-13/h4-7,11-12,14,16,18H,8-10H2,1-3H3. The third-order valence-electron chi connectivity index (χ3n) is 4.32. The summed E-state index contributed by atoms with van der Waals surface area (Å²) in [5.74, 6) is 2.31. The van der Waals surface area contributed by atoms with Crippen LogP contribution in [0.15, 0.2) is 28.7 Å². The van der Waals surface area contributed by atoms with Gasteiger partial charge in [-0.25, -0.2) is 0 Å². The summed E-state index contributed by atoms with van der Waals surface area (Å²) >= 11 is 3.55. The van der Waals surface area contributed by atoms with Crippen LogP contribution in [0.4, 0.5) is 0 Å². The molecule has 0 aromatic heterocycles. The number of nitrogens with one attached hydrogen (secondary N) is 1. The van der Waals surface area contributed by atoms with Crippen molar-refractivity contribution >= 4 is 15.9 Å². The molecule has 2 rings (SSSR count). The first-order valence-electron chi connectivity index (χ1n) is 7.05. The molecule has 1 nitrogen and oxygen atoms in total. The second-order valence-corrected chi connectivity index (χ2v) is 6.97. The fourth-order valence-electron chi connectivity index (χ4n) is 2.41. The van der Waals surface area contributed by atoms with Crippen LogP contribution in [0.25, 0.3) is 0 Å². The predicted octanol–water partition coefficient (Wildman–Crippen LogP) is 4.58. The molecule has 0 spiro atoms. The summed E-state index contributed by atoms with van der Waals surface area (Å²) in [6.07, 6.45) is 2.59. The van der Waals surface area contributed by atoms with Crippen molar-refractivity contribution in [3.63, 3.8) is 0 Å². The van der Waals surface area contributed by atoms with E-state index in [-0.39, 0.29) is 0 Å². The molecule has 1 atom stereocenters. The molecule has 1 unspecified atom stereocenters. The maximum atomic E-state index is 3.70. The molecule has 0 amide bonds. The Bertz CT molecular complexity index is 382. The smallest absolute Gasteiger partial charge is 0.0178 e. The summed E-state index contributed by atoms with van der Waals surface area (Å²) in [5, 5.41) is 3.70. The van der Waals surface area contributed by atoms with Crippen LogP contribution in [0.3, 0.4) is 0 Å². The Morgan fingerprint density at radius 2 is 2.00 bits per heavy atom. The summed E-state index contributed by atoms with van der Waals surface area (Å²) in [4.78, 5) is 0. The Kier molecular flexibility index (Phi) is 4.85. The quantitative estimate of drug-likeness (QED) is 0.839. The Balaban J connectivity index is 1.74. The van der Waals surface area contributed by atoms with Gasteiger partial charge >= 0.3 is 0 Å². The molecular weight excluding hydrogens is 286 g/mol. The zero-order chi connectivity index (χ0) is 13.1. The number of hydrogen-bond donors (Lipinski definition) is 1. The Labute approximate surface area is 119 Å². The van der Waals surface area contributed by atoms with Gasteiger partial charge in [0.2, 0.25) is 0 Å². The highest BCUT2D eigenvalue weighted by Crippen LogP contribution is 2.37. The first kappa shape index (κ1) is 14.1. The summed E-state index contributed by atoms with van der Waals surface area (Å²) < 4.78 is 1.20. The molecule has 1 aromatic rings. The third kappa shape index (κ3) is 3.58. The van der Waals surface area contributed by atoms with Crippen molar-refractivity contribution in [3.05, 3.63) is 34.3 Å². The topological polar surface area (TPSA) is 12.0 Å². The minimum Gasteiger partial charge on any atom is -0.314 e. The lowest BCUT2D eigenvalue weighted by Gasteiger charge is -2.37. The lowest BCUT2D eigenvalue weighted by molar-refractivity contribution is 0.264. The normalized spacial score (nSPS) is 24.9. The van der Waals surface area contributed by atoms with Gasteiger partial charge in [0.15, 0.2) is 0 Å². The molecule has 1 saturated carbocycles. The minimum absolute atomic E-state index is 0.732. The summed E-state index contributed by atoms with van der Waals surface area (Å²) in [6, 6.07) is 9.48. The van der Waals surface area contributed by atoms with Gasteiger partial charge in [-0.1, -0.05) is 48.8 Å². The van der Waals surface area contributed by atoms with Gasteiger partial charge in [-0.3, -0.25) is 0 Å². The molecule has 1 aliphatic carbocycles. The Hall–Kier alpha value is -0.340. The van der Waals surface area contributed by atoms with Crippen molar-refractivity contribution in [2.75, 3.05) is 6.54 Å². The van der Waals surface area contributed by atoms with Gasteiger partial charge in [0.1, 0.15) is 0 Å². The van der Waals surface area contributed by atoms with Crippen LogP contribution in [-0.2, 0) is 0 Å². The predicted molar refractivity (Wildman–Crippen MR) is 81.9 cm³/mol. The average Bonchev–Trinajstić information content (AvgIpc) is 2.26. The second-order valence-electron chi connectivity index (χ2n) is 6.05. The van der Waals surface area contributed by atoms with E-state index >= 15 is 0 Å². The molecule has 1 aliphatic rings. The van der Waals surface area contributed by atoms with Gasteiger partial charge < -0.3 is 5.32 Å². The van der Waals surface area contributed by atoms with Gasteiger partial charge in [0.25, 0.3) is 0 Å². The van der Waals surface area contributed by atoms with Gasteiger partial charge in [0.05, 0.1) is 0 Å². The average molecular weight is 310 g/mol. The van der Waals surface area contributed by atoms with Gasteiger partial charge in [-0.05, 0) is 54.8 Å². The van der Waals surface area contributed by atoms with Crippen LogP contribution in [0.1, 0.15) is 45.1 Å². The molecule has 18 heavy (non-hydrogen) atoms. The van der Waals surface area contributed by atoms with Crippen LogP contribution in [0.2, 0.25) is 0 Å². The lowest BCUT2D eigenvalue weighted by atomic mass is 9.75. The molecule has 1 aromatic carbocycles. The van der Waals surface area contributed by atoms with E-state index in [0.717, 1.165) is 30.3 Å². The fourth-order valence-corrected chi connectivity index (χ4v) is 2.82. The van der Waals surface area contributed by atoms with Crippen LogP contribution < -0.4 is 5.32 Å². The zero-order valence-electron chi connectivity index (χ0n) is 11.6. The number of rotatable bonds is 5. The second kappa shape index (κ2) is 6.21. The lowest BCUT2D eigenvalue weighted by Crippen LogP contribution is -2.42. The zero-order valence-corrected chi connectivity index (χ0v) is 13.2. The highest BCUT2D eigenvalue weighted by atomic mass is 79.9. The first-order valence-corrected chi connectivity index (χ1v) is 7.84. The van der Waals surface area contributed by atoms with E-state index in [9.17, 15) is 0 Å². The fraction of sp³-hybridized carbons (Fsp3) is 0.625. The largest absolute Gasteiger partial charge is 0.314 e. The molecular formula is C16H24BrN. The van der Waals surface area contributed by atoms with Crippen molar-refractivity contribution in [1.82, 2.24) is 5.32 Å². The maximum Gasteiger partial charge on any atom is 0.0178 e. The van der Waals surface area contributed by atoms with Crippen molar-refractivity contribution in [2.24, 2.45) is 11.8 Å². The highest BCUT2D eigenvalue weighted by molar-refractivity contribution is 9.10. The van der Waals surface area contributed by atoms with Crippen molar-refractivity contribution in [2.45, 2.75) is 45.6 Å². The van der Waals surface area contributed by atoms with E-state index in [1.54, 1.807) is 0 Å². The highest BCUT2D eigenvalue weighted by Gasteiger charge is 2.30. The molecule has 100 valence electrons. The molecule has 0 saturated heterocycles. The number of halogens is 1. The summed E-state index contributed by atoms with van der Waals surface area (Å²) in [5.41, 5.74) is 1.49. The number of benzene rings is 1. The molecule has 1 N–H and O–H groups in total. The van der Waals surface area contributed by atoms with Crippen LogP contribution in [-0.4, -0.2) is 12.6 Å².